The number of carbonyl (C=O) groups excluding carboxylic acids is 2. The van der Waals surface area contributed by atoms with E-state index in [-0.39, 0.29) is 42.5 Å². The molecule has 0 bridgehead atoms. The average Bonchev–Trinajstić information content (AvgIpc) is 3.25. The minimum atomic E-state index is -0.696. The third kappa shape index (κ3) is 4.30. The molecule has 2 amide bonds. The number of anilines is 2. The fourth-order valence-corrected chi connectivity index (χ4v) is 1.73. The molecule has 2 saturated carbocycles. The molecule has 2 aliphatic carbocycles. The zero-order valence-electron chi connectivity index (χ0n) is 11.3. The predicted molar refractivity (Wildman–Crippen MR) is 84.9 cm³/mol. The number of nitrogens with zero attached hydrogens (tertiary/aromatic N) is 1. The second-order valence-corrected chi connectivity index (χ2v) is 5.31. The van der Waals surface area contributed by atoms with Gasteiger partial charge in [-0.25, -0.2) is 4.98 Å². The van der Waals surface area contributed by atoms with Gasteiger partial charge in [0, 0.05) is 5.92 Å². The summed E-state index contributed by atoms with van der Waals surface area (Å²) in [4.78, 5) is 27.4. The zero-order valence-corrected chi connectivity index (χ0v) is 12.9. The molecule has 1 aromatic rings. The predicted octanol–water partition coefficient (Wildman–Crippen LogP) is 1.70. The highest BCUT2D eigenvalue weighted by molar-refractivity contribution is 6.00. The van der Waals surface area contributed by atoms with E-state index in [1.807, 2.05) is 0 Å². The first kappa shape index (κ1) is 17.7. The lowest BCUT2D eigenvalue weighted by Crippen LogP contribution is -2.37. The molecule has 2 aliphatic rings. The highest BCUT2D eigenvalue weighted by Crippen LogP contribution is 2.33. The molecule has 1 aromatic heterocycles. The molecule has 2 fully saturated rings. The second-order valence-electron chi connectivity index (χ2n) is 5.31. The Morgan fingerprint density at radius 3 is 2.33 bits per heavy atom. The Morgan fingerprint density at radius 2 is 1.86 bits per heavy atom. The quantitative estimate of drug-likeness (QED) is 0.781. The van der Waals surface area contributed by atoms with E-state index in [0.717, 1.165) is 25.7 Å². The number of nitrogens with one attached hydrogen (secondary N) is 2. The number of amides is 2. The van der Waals surface area contributed by atoms with Crippen molar-refractivity contribution in [2.45, 2.75) is 31.2 Å². The normalized spacial score (nSPS) is 17.8. The zero-order chi connectivity index (χ0) is 13.5. The summed E-state index contributed by atoms with van der Waals surface area (Å²) in [5.41, 5.74) is 5.68. The summed E-state index contributed by atoms with van der Waals surface area (Å²) >= 11 is 0. The van der Waals surface area contributed by atoms with Gasteiger partial charge in [-0.15, -0.1) is 24.8 Å². The highest BCUT2D eigenvalue weighted by Gasteiger charge is 2.45. The molecule has 116 valence electrons. The molecule has 8 heteroatoms. The van der Waals surface area contributed by atoms with Gasteiger partial charge in [-0.05, 0) is 37.8 Å². The van der Waals surface area contributed by atoms with Gasteiger partial charge in [0.15, 0.2) is 0 Å². The Hall–Kier alpha value is -1.37. The minimum Gasteiger partial charge on any atom is -0.323 e. The minimum absolute atomic E-state index is 0. The lowest BCUT2D eigenvalue weighted by atomic mass is 10.2. The fourth-order valence-electron chi connectivity index (χ4n) is 1.73. The molecule has 0 saturated heterocycles. The van der Waals surface area contributed by atoms with Gasteiger partial charge in [0.25, 0.3) is 0 Å². The van der Waals surface area contributed by atoms with E-state index < -0.39 is 5.54 Å². The van der Waals surface area contributed by atoms with Gasteiger partial charge in [0.2, 0.25) is 11.8 Å². The highest BCUT2D eigenvalue weighted by atomic mass is 35.5. The number of hydrogen-bond donors (Lipinski definition) is 3. The number of rotatable bonds is 4. The van der Waals surface area contributed by atoms with Gasteiger partial charge >= 0.3 is 0 Å². The Kier molecular flexibility index (Phi) is 5.55. The molecule has 1 heterocycles. The Bertz CT molecular complexity index is 527. The lowest BCUT2D eigenvalue weighted by Gasteiger charge is -2.10. The van der Waals surface area contributed by atoms with Crippen LogP contribution >= 0.6 is 24.8 Å². The van der Waals surface area contributed by atoms with E-state index in [4.69, 9.17) is 5.73 Å². The number of carbonyl (C=O) groups is 2. The molecular weight excluding hydrogens is 315 g/mol. The molecule has 0 spiro atoms. The van der Waals surface area contributed by atoms with Gasteiger partial charge in [-0.3, -0.25) is 9.59 Å². The van der Waals surface area contributed by atoms with Crippen LogP contribution in [0.25, 0.3) is 0 Å². The molecule has 0 atom stereocenters. The van der Waals surface area contributed by atoms with E-state index in [1.165, 1.54) is 6.20 Å². The summed E-state index contributed by atoms with van der Waals surface area (Å²) in [5, 5.41) is 5.46. The number of pyridine rings is 1. The van der Waals surface area contributed by atoms with E-state index in [2.05, 4.69) is 15.6 Å². The van der Waals surface area contributed by atoms with Crippen molar-refractivity contribution < 1.29 is 9.59 Å². The number of halogens is 2. The van der Waals surface area contributed by atoms with Crippen LogP contribution in [0.4, 0.5) is 11.5 Å². The van der Waals surface area contributed by atoms with Crippen LogP contribution in [-0.4, -0.2) is 22.3 Å². The SMILES string of the molecule is Cl.Cl.NC1(C(=O)Nc2ccc(NC(=O)C3CC3)nc2)CC1. The molecule has 6 nitrogen and oxygen atoms in total. The molecule has 0 aromatic carbocycles. The Balaban J connectivity index is 0.00000110. The summed E-state index contributed by atoms with van der Waals surface area (Å²) < 4.78 is 0. The number of aromatic nitrogens is 1. The van der Waals surface area contributed by atoms with Crippen molar-refractivity contribution in [1.82, 2.24) is 4.98 Å². The van der Waals surface area contributed by atoms with Crippen molar-refractivity contribution in [3.05, 3.63) is 18.3 Å². The van der Waals surface area contributed by atoms with Crippen molar-refractivity contribution in [3.63, 3.8) is 0 Å². The first-order valence-electron chi connectivity index (χ1n) is 6.44. The first-order valence-corrected chi connectivity index (χ1v) is 6.44. The van der Waals surface area contributed by atoms with Crippen LogP contribution in [-0.2, 0) is 9.59 Å². The lowest BCUT2D eigenvalue weighted by molar-refractivity contribution is -0.118. The van der Waals surface area contributed by atoms with Crippen LogP contribution in [0.1, 0.15) is 25.7 Å². The maximum Gasteiger partial charge on any atom is 0.244 e. The van der Waals surface area contributed by atoms with Crippen molar-refractivity contribution in [2.24, 2.45) is 11.7 Å². The van der Waals surface area contributed by atoms with Gasteiger partial charge in [0.05, 0.1) is 17.4 Å². The second kappa shape index (κ2) is 6.60. The van der Waals surface area contributed by atoms with E-state index in [0.29, 0.717) is 11.5 Å². The van der Waals surface area contributed by atoms with Crippen molar-refractivity contribution in [1.29, 1.82) is 0 Å². The smallest absolute Gasteiger partial charge is 0.244 e. The molecule has 0 unspecified atom stereocenters. The molecule has 3 rings (SSSR count). The van der Waals surface area contributed by atoms with Crippen molar-refractivity contribution in [3.8, 4) is 0 Å². The van der Waals surface area contributed by atoms with Crippen LogP contribution in [0.5, 0.6) is 0 Å². The summed E-state index contributed by atoms with van der Waals surface area (Å²) in [6, 6.07) is 3.38. The van der Waals surface area contributed by atoms with Gasteiger partial charge in [0.1, 0.15) is 5.82 Å². The van der Waals surface area contributed by atoms with E-state index in [1.54, 1.807) is 12.1 Å². The average molecular weight is 333 g/mol. The van der Waals surface area contributed by atoms with E-state index in [9.17, 15) is 9.59 Å². The monoisotopic (exact) mass is 332 g/mol. The van der Waals surface area contributed by atoms with Crippen LogP contribution in [0, 0.1) is 5.92 Å². The standard InChI is InChI=1S/C13H16N4O2.2ClH/c14-13(5-6-13)12(19)16-9-3-4-10(15-7-9)17-11(18)8-1-2-8;;/h3-4,7-8H,1-2,5-6,14H2,(H,16,19)(H,15,17,18);2*1H. The summed E-state index contributed by atoms with van der Waals surface area (Å²) in [6.07, 6.45) is 4.88. The molecule has 21 heavy (non-hydrogen) atoms. The van der Waals surface area contributed by atoms with Gasteiger partial charge < -0.3 is 16.4 Å². The van der Waals surface area contributed by atoms with Crippen LogP contribution in [0.3, 0.4) is 0 Å². The largest absolute Gasteiger partial charge is 0.323 e. The van der Waals surface area contributed by atoms with Crippen LogP contribution in [0.15, 0.2) is 18.3 Å². The molecule has 0 aliphatic heterocycles. The topological polar surface area (TPSA) is 97.1 Å². The molecular formula is C13H18Cl2N4O2. The third-order valence-electron chi connectivity index (χ3n) is 3.46. The first-order chi connectivity index (χ1) is 9.07. The van der Waals surface area contributed by atoms with Crippen molar-refractivity contribution in [2.75, 3.05) is 10.6 Å². The fraction of sp³-hybridized carbons (Fsp3) is 0.462. The Labute approximate surface area is 135 Å². The maximum atomic E-state index is 11.7. The number of hydrogen-bond acceptors (Lipinski definition) is 4. The van der Waals surface area contributed by atoms with Gasteiger partial charge in [-0.2, -0.15) is 0 Å². The van der Waals surface area contributed by atoms with E-state index >= 15 is 0 Å². The number of nitrogens with two attached hydrogens (primary N) is 1. The molecule has 4 N–H and O–H groups in total. The Morgan fingerprint density at radius 1 is 1.19 bits per heavy atom. The van der Waals surface area contributed by atoms with Gasteiger partial charge in [-0.1, -0.05) is 0 Å². The summed E-state index contributed by atoms with van der Waals surface area (Å²) in [6.45, 7) is 0. The van der Waals surface area contributed by atoms with Crippen LogP contribution < -0.4 is 16.4 Å². The summed E-state index contributed by atoms with van der Waals surface area (Å²) in [5.74, 6) is 0.490. The maximum absolute atomic E-state index is 11.7. The summed E-state index contributed by atoms with van der Waals surface area (Å²) in [7, 11) is 0. The molecule has 0 radical (unpaired) electrons. The third-order valence-corrected chi connectivity index (χ3v) is 3.46. The van der Waals surface area contributed by atoms with Crippen molar-refractivity contribution >= 4 is 48.1 Å². The van der Waals surface area contributed by atoms with Crippen LogP contribution in [0.2, 0.25) is 0 Å².